The predicted octanol–water partition coefficient (Wildman–Crippen LogP) is 3.41. The van der Waals surface area contributed by atoms with E-state index in [1.165, 1.54) is 0 Å². The molecule has 3 heteroatoms. The molecule has 1 rings (SSSR count). The van der Waals surface area contributed by atoms with Crippen molar-refractivity contribution in [3.05, 3.63) is 34.6 Å². The summed E-state index contributed by atoms with van der Waals surface area (Å²) in [6.45, 7) is 4.07. The lowest BCUT2D eigenvalue weighted by Crippen LogP contribution is -2.14. The fourth-order valence-corrected chi connectivity index (χ4v) is 1.68. The summed E-state index contributed by atoms with van der Waals surface area (Å²) in [5, 5.41) is 3.46. The molecule has 0 spiro atoms. The third-order valence-electron chi connectivity index (χ3n) is 2.33. The smallest absolute Gasteiger partial charge is 0.144 e. The average Bonchev–Trinajstić information content (AvgIpc) is 2.24. The van der Waals surface area contributed by atoms with Gasteiger partial charge in [0.25, 0.3) is 0 Å². The number of hydrogen-bond donors (Lipinski definition) is 1. The van der Waals surface area contributed by atoms with Crippen LogP contribution in [0.3, 0.4) is 0 Å². The Morgan fingerprint density at radius 3 is 2.87 bits per heavy atom. The van der Waals surface area contributed by atoms with E-state index in [1.54, 1.807) is 18.2 Å². The van der Waals surface area contributed by atoms with Crippen molar-refractivity contribution in [2.45, 2.75) is 26.2 Å². The SMILES string of the molecule is CCNCCCCc1cccc(Cl)c1F. The molecule has 0 fully saturated rings. The summed E-state index contributed by atoms with van der Waals surface area (Å²) in [6, 6.07) is 5.18. The molecule has 1 nitrogen and oxygen atoms in total. The zero-order valence-electron chi connectivity index (χ0n) is 9.02. The van der Waals surface area contributed by atoms with Gasteiger partial charge in [-0.2, -0.15) is 0 Å². The van der Waals surface area contributed by atoms with Crippen LogP contribution in [0.25, 0.3) is 0 Å². The zero-order chi connectivity index (χ0) is 11.1. The van der Waals surface area contributed by atoms with Crippen molar-refractivity contribution < 1.29 is 4.39 Å². The summed E-state index contributed by atoms with van der Waals surface area (Å²) in [5.41, 5.74) is 0.721. The van der Waals surface area contributed by atoms with Crippen LogP contribution in [0.2, 0.25) is 5.02 Å². The van der Waals surface area contributed by atoms with E-state index in [0.717, 1.165) is 37.9 Å². The van der Waals surface area contributed by atoms with Gasteiger partial charge in [0.2, 0.25) is 0 Å². The molecule has 1 aromatic carbocycles. The Hall–Kier alpha value is -0.600. The molecule has 84 valence electrons. The monoisotopic (exact) mass is 229 g/mol. The van der Waals surface area contributed by atoms with Crippen molar-refractivity contribution >= 4 is 11.6 Å². The van der Waals surface area contributed by atoms with Crippen molar-refractivity contribution in [1.82, 2.24) is 5.32 Å². The largest absolute Gasteiger partial charge is 0.317 e. The highest BCUT2D eigenvalue weighted by atomic mass is 35.5. The lowest BCUT2D eigenvalue weighted by Gasteiger charge is -2.04. The highest BCUT2D eigenvalue weighted by Crippen LogP contribution is 2.19. The molecular weight excluding hydrogens is 213 g/mol. The second kappa shape index (κ2) is 6.81. The van der Waals surface area contributed by atoms with Crippen LogP contribution < -0.4 is 5.32 Å². The quantitative estimate of drug-likeness (QED) is 0.738. The van der Waals surface area contributed by atoms with Gasteiger partial charge in [0.1, 0.15) is 5.82 Å². The molecule has 0 atom stereocenters. The lowest BCUT2D eigenvalue weighted by molar-refractivity contribution is 0.591. The normalized spacial score (nSPS) is 10.6. The molecule has 0 aliphatic rings. The molecule has 15 heavy (non-hydrogen) atoms. The first kappa shape index (κ1) is 12.5. The first-order valence-corrected chi connectivity index (χ1v) is 5.77. The van der Waals surface area contributed by atoms with Crippen LogP contribution in [0.15, 0.2) is 18.2 Å². The fourth-order valence-electron chi connectivity index (χ4n) is 1.48. The Morgan fingerprint density at radius 2 is 2.13 bits per heavy atom. The van der Waals surface area contributed by atoms with E-state index in [0.29, 0.717) is 0 Å². The second-order valence-electron chi connectivity index (χ2n) is 3.52. The number of rotatable bonds is 6. The van der Waals surface area contributed by atoms with Gasteiger partial charge >= 0.3 is 0 Å². The molecule has 1 N–H and O–H groups in total. The Morgan fingerprint density at radius 1 is 1.33 bits per heavy atom. The number of halogens is 2. The molecule has 0 bridgehead atoms. The molecule has 0 heterocycles. The second-order valence-corrected chi connectivity index (χ2v) is 3.93. The minimum Gasteiger partial charge on any atom is -0.317 e. The molecule has 0 saturated heterocycles. The van der Waals surface area contributed by atoms with Crippen molar-refractivity contribution in [3.63, 3.8) is 0 Å². The Labute approximate surface area is 95.6 Å². The van der Waals surface area contributed by atoms with Crippen LogP contribution in [0.1, 0.15) is 25.3 Å². The van der Waals surface area contributed by atoms with Gasteiger partial charge in [0.15, 0.2) is 0 Å². The Balaban J connectivity index is 2.34. The third-order valence-corrected chi connectivity index (χ3v) is 2.62. The fraction of sp³-hybridized carbons (Fsp3) is 0.500. The van der Waals surface area contributed by atoms with Gasteiger partial charge < -0.3 is 5.32 Å². The summed E-state index contributed by atoms with van der Waals surface area (Å²) in [4.78, 5) is 0. The maximum atomic E-state index is 13.4. The molecule has 0 radical (unpaired) electrons. The maximum Gasteiger partial charge on any atom is 0.144 e. The topological polar surface area (TPSA) is 12.0 Å². The van der Waals surface area contributed by atoms with Crippen molar-refractivity contribution in [2.24, 2.45) is 0 Å². The number of unbranched alkanes of at least 4 members (excludes halogenated alkanes) is 1. The van der Waals surface area contributed by atoms with E-state index in [4.69, 9.17) is 11.6 Å². The highest BCUT2D eigenvalue weighted by Gasteiger charge is 2.04. The van der Waals surface area contributed by atoms with Crippen LogP contribution in [-0.2, 0) is 6.42 Å². The molecule has 0 aliphatic heterocycles. The summed E-state index contributed by atoms with van der Waals surface area (Å²) in [7, 11) is 0. The van der Waals surface area contributed by atoms with E-state index in [-0.39, 0.29) is 10.8 Å². The van der Waals surface area contributed by atoms with Crippen molar-refractivity contribution in [2.75, 3.05) is 13.1 Å². The molecule has 0 unspecified atom stereocenters. The number of hydrogen-bond acceptors (Lipinski definition) is 1. The minimum absolute atomic E-state index is 0.221. The van der Waals surface area contributed by atoms with Gasteiger partial charge in [-0.3, -0.25) is 0 Å². The van der Waals surface area contributed by atoms with Gasteiger partial charge in [0, 0.05) is 0 Å². The number of nitrogens with one attached hydrogen (secondary N) is 1. The molecule has 0 amide bonds. The third kappa shape index (κ3) is 4.18. The van der Waals surface area contributed by atoms with E-state index < -0.39 is 0 Å². The van der Waals surface area contributed by atoms with E-state index in [9.17, 15) is 4.39 Å². The Kier molecular flexibility index (Phi) is 5.66. The van der Waals surface area contributed by atoms with E-state index in [2.05, 4.69) is 12.2 Å². The summed E-state index contributed by atoms with van der Waals surface area (Å²) in [6.07, 6.45) is 2.82. The molecule has 1 aromatic rings. The standard InChI is InChI=1S/C12H17ClFN/c1-2-15-9-4-3-6-10-7-5-8-11(13)12(10)14/h5,7-8,15H,2-4,6,9H2,1H3. The lowest BCUT2D eigenvalue weighted by atomic mass is 10.1. The molecule has 0 aliphatic carbocycles. The minimum atomic E-state index is -0.261. The van der Waals surface area contributed by atoms with Crippen molar-refractivity contribution in [3.8, 4) is 0 Å². The first-order chi connectivity index (χ1) is 7.25. The first-order valence-electron chi connectivity index (χ1n) is 5.39. The van der Waals surface area contributed by atoms with E-state index in [1.807, 2.05) is 0 Å². The van der Waals surface area contributed by atoms with Gasteiger partial charge in [-0.1, -0.05) is 30.7 Å². The molecule has 0 aromatic heterocycles. The van der Waals surface area contributed by atoms with Gasteiger partial charge in [-0.25, -0.2) is 4.39 Å². The highest BCUT2D eigenvalue weighted by molar-refractivity contribution is 6.30. The van der Waals surface area contributed by atoms with Crippen molar-refractivity contribution in [1.29, 1.82) is 0 Å². The van der Waals surface area contributed by atoms with E-state index >= 15 is 0 Å². The van der Waals surface area contributed by atoms with Gasteiger partial charge in [0.05, 0.1) is 5.02 Å². The summed E-state index contributed by atoms with van der Waals surface area (Å²) >= 11 is 5.69. The van der Waals surface area contributed by atoms with Crippen LogP contribution in [0.4, 0.5) is 4.39 Å². The predicted molar refractivity (Wildman–Crippen MR) is 62.9 cm³/mol. The number of benzene rings is 1. The van der Waals surface area contributed by atoms with Crippen LogP contribution >= 0.6 is 11.6 Å². The molecule has 0 saturated carbocycles. The maximum absolute atomic E-state index is 13.4. The van der Waals surface area contributed by atoms with Gasteiger partial charge in [-0.15, -0.1) is 0 Å². The van der Waals surface area contributed by atoms with Crippen LogP contribution in [0, 0.1) is 5.82 Å². The summed E-state index contributed by atoms with van der Waals surface area (Å²) < 4.78 is 13.4. The Bertz CT molecular complexity index is 302. The number of aryl methyl sites for hydroxylation is 1. The zero-order valence-corrected chi connectivity index (χ0v) is 9.78. The molecular formula is C12H17ClFN. The van der Waals surface area contributed by atoms with Crippen LogP contribution in [-0.4, -0.2) is 13.1 Å². The van der Waals surface area contributed by atoms with Gasteiger partial charge in [-0.05, 0) is 44.0 Å². The van der Waals surface area contributed by atoms with Crippen LogP contribution in [0.5, 0.6) is 0 Å². The summed E-state index contributed by atoms with van der Waals surface area (Å²) in [5.74, 6) is -0.261. The average molecular weight is 230 g/mol.